The van der Waals surface area contributed by atoms with Crippen LogP contribution in [0.5, 0.6) is 0 Å². The highest BCUT2D eigenvalue weighted by atomic mass is 32.2. The smallest absolute Gasteiger partial charge is 0.113 e. The standard InChI is InChI=1S/C12H17BS2.C2H6/c1-9(8-14)12(2,3)15-11-6-4-10(13)5-7-11;1-2/h4-7,9,14H,8H2,1-3H3;1-2H3. The van der Waals surface area contributed by atoms with Crippen LogP contribution in [0.25, 0.3) is 0 Å². The quantitative estimate of drug-likeness (QED) is 0.489. The summed E-state index contributed by atoms with van der Waals surface area (Å²) in [6.07, 6.45) is 0. The second-order valence-electron chi connectivity index (χ2n) is 4.36. The summed E-state index contributed by atoms with van der Waals surface area (Å²) in [5.74, 6) is 1.48. The van der Waals surface area contributed by atoms with Gasteiger partial charge in [-0.15, -0.1) is 11.8 Å². The average Bonchev–Trinajstić information content (AvgIpc) is 2.33. The molecule has 0 fully saturated rings. The van der Waals surface area contributed by atoms with Crippen LogP contribution in [-0.4, -0.2) is 18.3 Å². The minimum Gasteiger partial charge on any atom is -0.179 e. The Hall–Kier alpha value is -0.0151. The predicted octanol–water partition coefficient (Wildman–Crippen LogP) is 3.94. The molecular weight excluding hydrogens is 243 g/mol. The van der Waals surface area contributed by atoms with Crippen LogP contribution in [0.1, 0.15) is 34.6 Å². The van der Waals surface area contributed by atoms with Crippen LogP contribution < -0.4 is 5.46 Å². The van der Waals surface area contributed by atoms with Gasteiger partial charge in [-0.3, -0.25) is 0 Å². The molecular formula is C14H23BS2. The van der Waals surface area contributed by atoms with Crippen molar-refractivity contribution in [3.63, 3.8) is 0 Å². The van der Waals surface area contributed by atoms with E-state index < -0.39 is 0 Å². The fourth-order valence-electron chi connectivity index (χ4n) is 1.16. The SMILES string of the molecule is CC.[B]c1ccc(SC(C)(C)C(C)CS)cc1. The first-order chi connectivity index (χ1) is 7.95. The maximum atomic E-state index is 5.65. The van der Waals surface area contributed by atoms with Gasteiger partial charge in [-0.25, -0.2) is 0 Å². The second kappa shape index (κ2) is 8.15. The molecule has 0 aromatic heterocycles. The van der Waals surface area contributed by atoms with Crippen molar-refractivity contribution in [3.05, 3.63) is 24.3 Å². The topological polar surface area (TPSA) is 0 Å². The Labute approximate surface area is 118 Å². The fourth-order valence-corrected chi connectivity index (χ4v) is 2.90. The molecule has 1 aromatic rings. The van der Waals surface area contributed by atoms with Gasteiger partial charge in [-0.1, -0.05) is 52.2 Å². The number of hydrogen-bond acceptors (Lipinski definition) is 2. The third-order valence-electron chi connectivity index (χ3n) is 2.72. The first kappa shape index (κ1) is 17.0. The van der Waals surface area contributed by atoms with Crippen LogP contribution in [0.3, 0.4) is 0 Å². The average molecular weight is 266 g/mol. The van der Waals surface area contributed by atoms with Gasteiger partial charge >= 0.3 is 0 Å². The molecule has 0 spiro atoms. The van der Waals surface area contributed by atoms with Gasteiger partial charge in [0, 0.05) is 9.64 Å². The van der Waals surface area contributed by atoms with E-state index >= 15 is 0 Å². The number of thioether (sulfide) groups is 1. The molecule has 1 aromatic carbocycles. The molecule has 0 bridgehead atoms. The van der Waals surface area contributed by atoms with Gasteiger partial charge in [0.15, 0.2) is 0 Å². The van der Waals surface area contributed by atoms with Crippen LogP contribution in [0.4, 0.5) is 0 Å². The first-order valence-corrected chi connectivity index (χ1v) is 7.56. The van der Waals surface area contributed by atoms with E-state index in [-0.39, 0.29) is 4.75 Å². The highest BCUT2D eigenvalue weighted by molar-refractivity contribution is 8.00. The summed E-state index contributed by atoms with van der Waals surface area (Å²) in [6, 6.07) is 8.05. The molecule has 0 amide bonds. The zero-order valence-corrected chi connectivity index (χ0v) is 13.2. The molecule has 0 aliphatic carbocycles. The molecule has 0 aliphatic heterocycles. The minimum absolute atomic E-state index is 0.206. The molecule has 2 radical (unpaired) electrons. The van der Waals surface area contributed by atoms with E-state index in [0.717, 1.165) is 11.2 Å². The number of benzene rings is 1. The first-order valence-electron chi connectivity index (χ1n) is 6.11. The zero-order valence-electron chi connectivity index (χ0n) is 11.5. The molecule has 3 heteroatoms. The third-order valence-corrected chi connectivity index (χ3v) is 4.71. The Morgan fingerprint density at radius 1 is 1.24 bits per heavy atom. The largest absolute Gasteiger partial charge is 0.179 e. The molecule has 1 rings (SSSR count). The van der Waals surface area contributed by atoms with Crippen molar-refractivity contribution in [1.29, 1.82) is 0 Å². The Kier molecular flexibility index (Phi) is 8.14. The summed E-state index contributed by atoms with van der Waals surface area (Å²) >= 11 is 6.24. The van der Waals surface area contributed by atoms with Crippen molar-refractivity contribution < 1.29 is 0 Å². The summed E-state index contributed by atoms with van der Waals surface area (Å²) in [5.41, 5.74) is 0.819. The lowest BCUT2D eigenvalue weighted by Crippen LogP contribution is -2.26. The summed E-state index contributed by atoms with van der Waals surface area (Å²) in [7, 11) is 5.65. The Balaban J connectivity index is 0.00000121. The zero-order chi connectivity index (χ0) is 13.5. The highest BCUT2D eigenvalue weighted by Gasteiger charge is 2.25. The number of thiol groups is 1. The van der Waals surface area contributed by atoms with Gasteiger partial charge in [-0.05, 0) is 23.8 Å². The van der Waals surface area contributed by atoms with Crippen LogP contribution in [-0.2, 0) is 0 Å². The number of hydrogen-bond donors (Lipinski definition) is 1. The fraction of sp³-hybridized carbons (Fsp3) is 0.571. The molecule has 0 aliphatic rings. The van der Waals surface area contributed by atoms with Crippen LogP contribution in [0.2, 0.25) is 0 Å². The maximum absolute atomic E-state index is 5.65. The van der Waals surface area contributed by atoms with Crippen LogP contribution in [0.15, 0.2) is 29.2 Å². The van der Waals surface area contributed by atoms with E-state index in [9.17, 15) is 0 Å². The summed E-state index contributed by atoms with van der Waals surface area (Å²) < 4.78 is 0.206. The van der Waals surface area contributed by atoms with Crippen LogP contribution in [0, 0.1) is 5.92 Å². The van der Waals surface area contributed by atoms with Crippen LogP contribution >= 0.6 is 24.4 Å². The van der Waals surface area contributed by atoms with Gasteiger partial charge in [0.05, 0.1) is 0 Å². The van der Waals surface area contributed by atoms with Gasteiger partial charge in [0.25, 0.3) is 0 Å². The molecule has 0 saturated carbocycles. The van der Waals surface area contributed by atoms with E-state index in [1.165, 1.54) is 4.90 Å². The van der Waals surface area contributed by atoms with Crippen molar-refractivity contribution in [3.8, 4) is 0 Å². The lowest BCUT2D eigenvalue weighted by Gasteiger charge is -2.30. The molecule has 0 N–H and O–H groups in total. The van der Waals surface area contributed by atoms with Crippen molar-refractivity contribution in [2.24, 2.45) is 5.92 Å². The van der Waals surface area contributed by atoms with Crippen molar-refractivity contribution >= 4 is 37.7 Å². The van der Waals surface area contributed by atoms with Gasteiger partial charge in [0.2, 0.25) is 0 Å². The van der Waals surface area contributed by atoms with Gasteiger partial charge in [-0.2, -0.15) is 12.6 Å². The summed E-state index contributed by atoms with van der Waals surface area (Å²) in [5, 5.41) is 0. The molecule has 0 heterocycles. The summed E-state index contributed by atoms with van der Waals surface area (Å²) in [4.78, 5) is 1.27. The van der Waals surface area contributed by atoms with Crippen molar-refractivity contribution in [2.45, 2.75) is 44.3 Å². The Morgan fingerprint density at radius 3 is 2.12 bits per heavy atom. The van der Waals surface area contributed by atoms with E-state index in [0.29, 0.717) is 5.92 Å². The highest BCUT2D eigenvalue weighted by Crippen LogP contribution is 2.38. The van der Waals surface area contributed by atoms with E-state index in [2.05, 4.69) is 45.5 Å². The molecule has 0 nitrogen and oxygen atoms in total. The second-order valence-corrected chi connectivity index (χ2v) is 6.45. The Bertz CT molecular complexity index is 307. The Morgan fingerprint density at radius 2 is 1.71 bits per heavy atom. The molecule has 0 saturated heterocycles. The monoisotopic (exact) mass is 266 g/mol. The summed E-state index contributed by atoms with van der Waals surface area (Å²) in [6.45, 7) is 10.8. The lowest BCUT2D eigenvalue weighted by molar-refractivity contribution is 0.513. The maximum Gasteiger partial charge on any atom is 0.113 e. The van der Waals surface area contributed by atoms with E-state index in [4.69, 9.17) is 7.85 Å². The normalized spacial score (nSPS) is 12.6. The minimum atomic E-state index is 0.206. The van der Waals surface area contributed by atoms with E-state index in [1.807, 2.05) is 37.7 Å². The molecule has 1 atom stereocenters. The third kappa shape index (κ3) is 5.92. The van der Waals surface area contributed by atoms with Gasteiger partial charge in [0.1, 0.15) is 7.85 Å². The lowest BCUT2D eigenvalue weighted by atomic mass is 9.97. The number of rotatable bonds is 4. The van der Waals surface area contributed by atoms with E-state index in [1.54, 1.807) is 0 Å². The van der Waals surface area contributed by atoms with Gasteiger partial charge < -0.3 is 0 Å². The van der Waals surface area contributed by atoms with Crippen molar-refractivity contribution in [1.82, 2.24) is 0 Å². The van der Waals surface area contributed by atoms with Crippen molar-refractivity contribution in [2.75, 3.05) is 5.75 Å². The molecule has 94 valence electrons. The predicted molar refractivity (Wildman–Crippen MR) is 86.1 cm³/mol. The molecule has 17 heavy (non-hydrogen) atoms. The molecule has 1 unspecified atom stereocenters.